The SMILES string of the molecule is O=C1CC(c2cccc([N+](=O)[O-])c2)CC(=O)N1. The van der Waals surface area contributed by atoms with E-state index in [2.05, 4.69) is 5.32 Å². The van der Waals surface area contributed by atoms with Crippen molar-refractivity contribution in [3.8, 4) is 0 Å². The summed E-state index contributed by atoms with van der Waals surface area (Å²) in [6, 6.07) is 6.05. The normalized spacial score (nSPS) is 16.7. The van der Waals surface area contributed by atoms with E-state index in [0.29, 0.717) is 5.56 Å². The van der Waals surface area contributed by atoms with Gasteiger partial charge in [-0.15, -0.1) is 0 Å². The summed E-state index contributed by atoms with van der Waals surface area (Å²) >= 11 is 0. The molecule has 0 spiro atoms. The molecule has 1 aromatic carbocycles. The van der Waals surface area contributed by atoms with E-state index in [0.717, 1.165) is 0 Å². The van der Waals surface area contributed by atoms with Crippen LogP contribution in [-0.4, -0.2) is 16.7 Å². The minimum atomic E-state index is -0.492. The van der Waals surface area contributed by atoms with Gasteiger partial charge in [0.25, 0.3) is 5.69 Å². The summed E-state index contributed by atoms with van der Waals surface area (Å²) in [4.78, 5) is 32.6. The van der Waals surface area contributed by atoms with Crippen molar-refractivity contribution in [3.05, 3.63) is 39.9 Å². The number of imide groups is 1. The maximum Gasteiger partial charge on any atom is 0.269 e. The molecule has 0 radical (unpaired) electrons. The molecule has 1 aliphatic heterocycles. The third-order valence-corrected chi connectivity index (χ3v) is 2.69. The summed E-state index contributed by atoms with van der Waals surface area (Å²) in [6.07, 6.45) is 0.375. The molecule has 1 aromatic rings. The summed E-state index contributed by atoms with van der Waals surface area (Å²) in [5.41, 5.74) is 0.628. The Bertz CT molecular complexity index is 482. The zero-order valence-corrected chi connectivity index (χ0v) is 8.88. The van der Waals surface area contributed by atoms with Crippen molar-refractivity contribution < 1.29 is 14.5 Å². The standard InChI is InChI=1S/C11H10N2O4/c14-10-5-8(6-11(15)12-10)7-2-1-3-9(4-7)13(16)17/h1-4,8H,5-6H2,(H,12,14,15). The summed E-state index contributed by atoms with van der Waals surface area (Å²) in [7, 11) is 0. The van der Waals surface area contributed by atoms with Crippen LogP contribution in [0.5, 0.6) is 0 Å². The lowest BCUT2D eigenvalue weighted by Crippen LogP contribution is -2.37. The van der Waals surface area contributed by atoms with Crippen molar-refractivity contribution in [2.45, 2.75) is 18.8 Å². The number of nitrogens with one attached hydrogen (secondary N) is 1. The maximum atomic E-state index is 11.2. The maximum absolute atomic E-state index is 11.2. The molecule has 0 saturated carbocycles. The van der Waals surface area contributed by atoms with Gasteiger partial charge in [0, 0.05) is 30.9 Å². The first-order valence-corrected chi connectivity index (χ1v) is 5.13. The number of benzene rings is 1. The number of rotatable bonds is 2. The molecule has 2 rings (SSSR count). The van der Waals surface area contributed by atoms with E-state index < -0.39 is 4.92 Å². The van der Waals surface area contributed by atoms with E-state index in [1.807, 2.05) is 0 Å². The van der Waals surface area contributed by atoms with Crippen LogP contribution < -0.4 is 5.32 Å². The van der Waals surface area contributed by atoms with Crippen molar-refractivity contribution in [2.75, 3.05) is 0 Å². The number of carbonyl (C=O) groups is 2. The van der Waals surface area contributed by atoms with Crippen molar-refractivity contribution in [1.29, 1.82) is 0 Å². The van der Waals surface area contributed by atoms with Gasteiger partial charge in [0.1, 0.15) is 0 Å². The van der Waals surface area contributed by atoms with Gasteiger partial charge in [-0.2, -0.15) is 0 Å². The Hall–Kier alpha value is -2.24. The van der Waals surface area contributed by atoms with Crippen LogP contribution in [0.4, 0.5) is 5.69 Å². The second-order valence-electron chi connectivity index (χ2n) is 3.93. The fourth-order valence-electron chi connectivity index (χ4n) is 1.91. The largest absolute Gasteiger partial charge is 0.296 e. The lowest BCUT2D eigenvalue weighted by atomic mass is 9.89. The molecule has 6 nitrogen and oxygen atoms in total. The Morgan fingerprint density at radius 1 is 1.24 bits per heavy atom. The number of piperidine rings is 1. The molecular formula is C11H10N2O4. The van der Waals surface area contributed by atoms with E-state index in [9.17, 15) is 19.7 Å². The third-order valence-electron chi connectivity index (χ3n) is 2.69. The van der Waals surface area contributed by atoms with Gasteiger partial charge >= 0.3 is 0 Å². The van der Waals surface area contributed by atoms with Gasteiger partial charge in [-0.3, -0.25) is 25.0 Å². The molecule has 0 aliphatic carbocycles. The molecule has 17 heavy (non-hydrogen) atoms. The number of nitrogens with zero attached hydrogens (tertiary/aromatic N) is 1. The van der Waals surface area contributed by atoms with Gasteiger partial charge in [-0.1, -0.05) is 12.1 Å². The van der Waals surface area contributed by atoms with E-state index in [1.54, 1.807) is 12.1 Å². The third kappa shape index (κ3) is 2.47. The Morgan fingerprint density at radius 3 is 2.47 bits per heavy atom. The number of nitro groups is 1. The molecule has 88 valence electrons. The molecule has 6 heteroatoms. The average molecular weight is 234 g/mol. The van der Waals surface area contributed by atoms with Gasteiger partial charge in [0.15, 0.2) is 0 Å². The zero-order valence-electron chi connectivity index (χ0n) is 8.88. The molecule has 1 heterocycles. The van der Waals surface area contributed by atoms with E-state index in [4.69, 9.17) is 0 Å². The van der Waals surface area contributed by atoms with Crippen LogP contribution in [0.2, 0.25) is 0 Å². The lowest BCUT2D eigenvalue weighted by molar-refractivity contribution is -0.384. The minimum absolute atomic E-state index is 0.0269. The van der Waals surface area contributed by atoms with Gasteiger partial charge in [0.2, 0.25) is 11.8 Å². The monoisotopic (exact) mass is 234 g/mol. The molecule has 1 saturated heterocycles. The number of carbonyl (C=O) groups excluding carboxylic acids is 2. The van der Waals surface area contributed by atoms with Crippen LogP contribution >= 0.6 is 0 Å². The highest BCUT2D eigenvalue weighted by molar-refractivity contribution is 5.98. The number of nitro benzene ring substituents is 1. The first-order chi connectivity index (χ1) is 8.06. The fourth-order valence-corrected chi connectivity index (χ4v) is 1.91. The summed E-state index contributed by atoms with van der Waals surface area (Å²) < 4.78 is 0. The van der Waals surface area contributed by atoms with E-state index >= 15 is 0 Å². The Labute approximate surface area is 96.8 Å². The highest BCUT2D eigenvalue weighted by Gasteiger charge is 2.26. The van der Waals surface area contributed by atoms with E-state index in [-0.39, 0.29) is 36.3 Å². The van der Waals surface area contributed by atoms with Crippen molar-refractivity contribution in [1.82, 2.24) is 5.32 Å². The molecule has 1 N–H and O–H groups in total. The van der Waals surface area contributed by atoms with Crippen molar-refractivity contribution in [3.63, 3.8) is 0 Å². The molecule has 1 fully saturated rings. The number of hydrogen-bond acceptors (Lipinski definition) is 4. The van der Waals surface area contributed by atoms with Gasteiger partial charge in [0.05, 0.1) is 4.92 Å². The van der Waals surface area contributed by atoms with Crippen molar-refractivity contribution in [2.24, 2.45) is 0 Å². The van der Waals surface area contributed by atoms with Crippen LogP contribution in [0, 0.1) is 10.1 Å². The molecule has 2 amide bonds. The zero-order chi connectivity index (χ0) is 12.4. The number of non-ortho nitro benzene ring substituents is 1. The fraction of sp³-hybridized carbons (Fsp3) is 0.273. The van der Waals surface area contributed by atoms with Gasteiger partial charge in [-0.25, -0.2) is 0 Å². The molecule has 1 aliphatic rings. The highest BCUT2D eigenvalue weighted by Crippen LogP contribution is 2.28. The smallest absolute Gasteiger partial charge is 0.269 e. The predicted molar refractivity (Wildman–Crippen MR) is 58.2 cm³/mol. The van der Waals surface area contributed by atoms with Crippen molar-refractivity contribution >= 4 is 17.5 Å². The molecule has 0 bridgehead atoms. The second-order valence-corrected chi connectivity index (χ2v) is 3.93. The van der Waals surface area contributed by atoms with Gasteiger partial charge < -0.3 is 0 Å². The van der Waals surface area contributed by atoms with Crippen LogP contribution in [0.3, 0.4) is 0 Å². The summed E-state index contributed by atoms with van der Waals surface area (Å²) in [5, 5.41) is 12.8. The Kier molecular flexibility index (Phi) is 2.86. The number of hydrogen-bond donors (Lipinski definition) is 1. The molecule has 0 unspecified atom stereocenters. The first-order valence-electron chi connectivity index (χ1n) is 5.13. The van der Waals surface area contributed by atoms with Crippen LogP contribution in [-0.2, 0) is 9.59 Å². The second kappa shape index (κ2) is 4.32. The molecule has 0 aromatic heterocycles. The molecular weight excluding hydrogens is 224 g/mol. The predicted octanol–water partition coefficient (Wildman–Crippen LogP) is 1.11. The molecule has 0 atom stereocenters. The topological polar surface area (TPSA) is 89.3 Å². The summed E-state index contributed by atoms with van der Waals surface area (Å²) in [6.45, 7) is 0. The Balaban J connectivity index is 2.27. The minimum Gasteiger partial charge on any atom is -0.296 e. The van der Waals surface area contributed by atoms with Gasteiger partial charge in [-0.05, 0) is 5.56 Å². The van der Waals surface area contributed by atoms with E-state index in [1.165, 1.54) is 12.1 Å². The van der Waals surface area contributed by atoms with Crippen LogP contribution in [0.15, 0.2) is 24.3 Å². The Morgan fingerprint density at radius 2 is 1.88 bits per heavy atom. The average Bonchev–Trinajstić information content (AvgIpc) is 2.28. The highest BCUT2D eigenvalue weighted by atomic mass is 16.6. The first kappa shape index (κ1) is 11.3. The lowest BCUT2D eigenvalue weighted by Gasteiger charge is -2.20. The van der Waals surface area contributed by atoms with Crippen LogP contribution in [0.1, 0.15) is 24.3 Å². The summed E-state index contributed by atoms with van der Waals surface area (Å²) in [5.74, 6) is -0.938. The number of amides is 2. The quantitative estimate of drug-likeness (QED) is 0.471. The van der Waals surface area contributed by atoms with Crippen LogP contribution in [0.25, 0.3) is 0 Å².